The third-order valence-corrected chi connectivity index (χ3v) is 3.21. The number of hydrogen-bond acceptors (Lipinski definition) is 4. The van der Waals surface area contributed by atoms with E-state index >= 15 is 0 Å². The summed E-state index contributed by atoms with van der Waals surface area (Å²) in [6.07, 6.45) is 2.03. The van der Waals surface area contributed by atoms with Crippen molar-refractivity contribution >= 4 is 11.9 Å². The van der Waals surface area contributed by atoms with Gasteiger partial charge in [-0.05, 0) is 33.6 Å². The number of hydrogen-bond donors (Lipinski definition) is 2. The summed E-state index contributed by atoms with van der Waals surface area (Å²) >= 11 is 0. The second-order valence-corrected chi connectivity index (χ2v) is 5.94. The smallest absolute Gasteiger partial charge is 0.328 e. The molecule has 2 heterocycles. The van der Waals surface area contributed by atoms with Crippen LogP contribution in [0.15, 0.2) is 0 Å². The van der Waals surface area contributed by atoms with Crippen LogP contribution in [0.4, 0.5) is 0 Å². The first kappa shape index (κ1) is 12.4. The molecule has 17 heavy (non-hydrogen) atoms. The molecule has 5 nitrogen and oxygen atoms in total. The minimum atomic E-state index is -0.718. The van der Waals surface area contributed by atoms with Gasteiger partial charge in [0.25, 0.3) is 0 Å². The van der Waals surface area contributed by atoms with E-state index in [1.807, 2.05) is 20.8 Å². The minimum Gasteiger partial charge on any atom is -0.459 e. The van der Waals surface area contributed by atoms with Crippen LogP contribution in [0.25, 0.3) is 0 Å². The highest BCUT2D eigenvalue weighted by Crippen LogP contribution is 2.29. The predicted molar refractivity (Wildman–Crippen MR) is 62.4 cm³/mol. The van der Waals surface area contributed by atoms with E-state index < -0.39 is 11.1 Å². The maximum atomic E-state index is 12.2. The van der Waals surface area contributed by atoms with Gasteiger partial charge < -0.3 is 10.1 Å². The van der Waals surface area contributed by atoms with Gasteiger partial charge in [-0.15, -0.1) is 0 Å². The van der Waals surface area contributed by atoms with E-state index in [4.69, 9.17) is 4.74 Å². The van der Waals surface area contributed by atoms with Gasteiger partial charge in [0, 0.05) is 19.0 Å². The molecule has 2 unspecified atom stereocenters. The second-order valence-electron chi connectivity index (χ2n) is 5.94. The van der Waals surface area contributed by atoms with Crippen molar-refractivity contribution in [2.45, 2.75) is 57.2 Å². The number of fused-ring (bicyclic) bond motifs is 2. The van der Waals surface area contributed by atoms with Crippen LogP contribution in [-0.2, 0) is 14.3 Å². The summed E-state index contributed by atoms with van der Waals surface area (Å²) in [5, 5.41) is 6.04. The third kappa shape index (κ3) is 2.60. The lowest BCUT2D eigenvalue weighted by Gasteiger charge is -2.30. The van der Waals surface area contributed by atoms with Crippen molar-refractivity contribution in [1.82, 2.24) is 10.6 Å². The number of rotatable bonds is 1. The molecule has 5 heteroatoms. The molecule has 0 aliphatic carbocycles. The molecule has 96 valence electrons. The quantitative estimate of drug-likeness (QED) is 0.649. The van der Waals surface area contributed by atoms with Crippen LogP contribution in [0.3, 0.4) is 0 Å². The molecule has 0 saturated carbocycles. The Morgan fingerprint density at radius 3 is 2.82 bits per heavy atom. The Bertz CT molecular complexity index is 348. The normalized spacial score (nSPS) is 32.9. The first-order valence-corrected chi connectivity index (χ1v) is 6.09. The zero-order valence-corrected chi connectivity index (χ0v) is 10.6. The van der Waals surface area contributed by atoms with Crippen molar-refractivity contribution in [1.29, 1.82) is 0 Å². The number of amides is 1. The Hall–Kier alpha value is -1.10. The monoisotopic (exact) mass is 240 g/mol. The number of nitrogens with one attached hydrogen (secondary N) is 2. The van der Waals surface area contributed by atoms with Crippen molar-refractivity contribution in [2.75, 3.05) is 6.54 Å². The lowest BCUT2D eigenvalue weighted by molar-refractivity contribution is -0.162. The lowest BCUT2D eigenvalue weighted by Crippen LogP contribution is -2.56. The van der Waals surface area contributed by atoms with Crippen molar-refractivity contribution < 1.29 is 14.3 Å². The van der Waals surface area contributed by atoms with Crippen molar-refractivity contribution in [3.05, 3.63) is 0 Å². The Balaban J connectivity index is 2.13. The summed E-state index contributed by atoms with van der Waals surface area (Å²) < 4.78 is 5.44. The van der Waals surface area contributed by atoms with E-state index in [0.717, 1.165) is 12.8 Å². The molecular weight excluding hydrogens is 220 g/mol. The number of ether oxygens (including phenoxy) is 1. The molecule has 1 amide bonds. The number of carbonyl (C=O) groups excluding carboxylic acids is 2. The first-order valence-electron chi connectivity index (χ1n) is 6.09. The Labute approximate surface area is 101 Å². The SMILES string of the molecule is CC(C)(C)OC(=O)C12CCC(CC(=O)NC1)N2. The highest BCUT2D eigenvalue weighted by Gasteiger charge is 2.49. The molecule has 2 aliphatic rings. The molecule has 2 saturated heterocycles. The highest BCUT2D eigenvalue weighted by molar-refractivity contribution is 5.85. The third-order valence-electron chi connectivity index (χ3n) is 3.21. The first-order chi connectivity index (χ1) is 7.81. The van der Waals surface area contributed by atoms with Crippen LogP contribution in [-0.4, -0.2) is 35.6 Å². The van der Waals surface area contributed by atoms with Crippen molar-refractivity contribution in [2.24, 2.45) is 0 Å². The standard InChI is InChI=1S/C12H20N2O3/c1-11(2,3)17-10(16)12-5-4-8(14-12)6-9(15)13-7-12/h8,14H,4-7H2,1-3H3,(H,13,15). The van der Waals surface area contributed by atoms with E-state index in [0.29, 0.717) is 13.0 Å². The largest absolute Gasteiger partial charge is 0.459 e. The molecule has 2 N–H and O–H groups in total. The van der Waals surface area contributed by atoms with Crippen LogP contribution >= 0.6 is 0 Å². The second kappa shape index (κ2) is 3.98. The maximum absolute atomic E-state index is 12.2. The maximum Gasteiger partial charge on any atom is 0.328 e. The molecular formula is C12H20N2O3. The average Bonchev–Trinajstić information content (AvgIpc) is 2.48. The predicted octanol–water partition coefficient (Wildman–Crippen LogP) is 0.339. The summed E-state index contributed by atoms with van der Waals surface area (Å²) in [6, 6.07) is 0.102. The van der Waals surface area contributed by atoms with Gasteiger partial charge in [0.05, 0.1) is 0 Å². The molecule has 0 radical (unpaired) electrons. The van der Waals surface area contributed by atoms with Gasteiger partial charge in [-0.1, -0.05) is 0 Å². The van der Waals surface area contributed by atoms with Gasteiger partial charge in [-0.25, -0.2) is 4.79 Å². The Morgan fingerprint density at radius 2 is 2.18 bits per heavy atom. The fraction of sp³-hybridized carbons (Fsp3) is 0.833. The highest BCUT2D eigenvalue weighted by atomic mass is 16.6. The van der Waals surface area contributed by atoms with Gasteiger partial charge in [0.2, 0.25) is 5.91 Å². The number of carbonyl (C=O) groups is 2. The molecule has 2 bridgehead atoms. The van der Waals surface area contributed by atoms with E-state index in [-0.39, 0.29) is 17.9 Å². The zero-order chi connectivity index (χ0) is 12.7. The van der Waals surface area contributed by atoms with Crippen LogP contribution in [0.5, 0.6) is 0 Å². The van der Waals surface area contributed by atoms with E-state index in [1.165, 1.54) is 0 Å². The van der Waals surface area contributed by atoms with Gasteiger partial charge in [0.1, 0.15) is 11.1 Å². The fourth-order valence-electron chi connectivity index (χ4n) is 2.40. The van der Waals surface area contributed by atoms with E-state index in [9.17, 15) is 9.59 Å². The van der Waals surface area contributed by atoms with Crippen LogP contribution in [0, 0.1) is 0 Å². The Kier molecular flexibility index (Phi) is 2.89. The minimum absolute atomic E-state index is 0.00707. The molecule has 0 aromatic rings. The zero-order valence-electron chi connectivity index (χ0n) is 10.6. The molecule has 0 aromatic carbocycles. The van der Waals surface area contributed by atoms with Crippen LogP contribution < -0.4 is 10.6 Å². The van der Waals surface area contributed by atoms with E-state index in [1.54, 1.807) is 0 Å². The summed E-state index contributed by atoms with van der Waals surface area (Å²) in [5.74, 6) is -0.248. The molecule has 0 aromatic heterocycles. The fourth-order valence-corrected chi connectivity index (χ4v) is 2.40. The Morgan fingerprint density at radius 1 is 1.47 bits per heavy atom. The summed E-state index contributed by atoms with van der Waals surface area (Å²) in [7, 11) is 0. The summed E-state index contributed by atoms with van der Waals surface area (Å²) in [5.41, 5.74) is -1.22. The van der Waals surface area contributed by atoms with Gasteiger partial charge in [0.15, 0.2) is 0 Å². The lowest BCUT2D eigenvalue weighted by atomic mass is 9.96. The average molecular weight is 240 g/mol. The van der Waals surface area contributed by atoms with Crippen molar-refractivity contribution in [3.8, 4) is 0 Å². The molecule has 2 atom stereocenters. The van der Waals surface area contributed by atoms with Gasteiger partial charge in [-0.3, -0.25) is 10.1 Å². The summed E-state index contributed by atoms with van der Waals surface area (Å²) in [6.45, 7) is 5.88. The molecule has 2 fully saturated rings. The summed E-state index contributed by atoms with van der Waals surface area (Å²) in [4.78, 5) is 23.6. The van der Waals surface area contributed by atoms with Crippen LogP contribution in [0.2, 0.25) is 0 Å². The molecule has 0 spiro atoms. The van der Waals surface area contributed by atoms with Crippen LogP contribution in [0.1, 0.15) is 40.0 Å². The number of esters is 1. The van der Waals surface area contributed by atoms with E-state index in [2.05, 4.69) is 10.6 Å². The van der Waals surface area contributed by atoms with Gasteiger partial charge in [-0.2, -0.15) is 0 Å². The van der Waals surface area contributed by atoms with Gasteiger partial charge >= 0.3 is 5.97 Å². The van der Waals surface area contributed by atoms with Crippen molar-refractivity contribution in [3.63, 3.8) is 0 Å². The topological polar surface area (TPSA) is 67.4 Å². The molecule has 2 aliphatic heterocycles. The molecule has 2 rings (SSSR count).